The number of aliphatic hydroxyl groups excluding tert-OH is 1. The first-order valence-corrected chi connectivity index (χ1v) is 6.97. The summed E-state index contributed by atoms with van der Waals surface area (Å²) < 4.78 is 32.6. The number of halogens is 2. The first kappa shape index (κ1) is 16.9. The van der Waals surface area contributed by atoms with E-state index < -0.39 is 11.6 Å². The molecule has 0 aromatic heterocycles. The molecule has 0 unspecified atom stereocenters. The summed E-state index contributed by atoms with van der Waals surface area (Å²) in [5, 5.41) is 11.8. The molecule has 2 N–H and O–H groups in total. The maximum absolute atomic E-state index is 13.8. The van der Waals surface area contributed by atoms with Gasteiger partial charge in [0.1, 0.15) is 0 Å². The van der Waals surface area contributed by atoms with E-state index in [0.29, 0.717) is 30.9 Å². The monoisotopic (exact) mass is 287 g/mol. The van der Waals surface area contributed by atoms with Gasteiger partial charge in [0, 0.05) is 13.2 Å². The van der Waals surface area contributed by atoms with Gasteiger partial charge in [0.15, 0.2) is 17.4 Å². The molecule has 0 aliphatic heterocycles. The molecule has 20 heavy (non-hydrogen) atoms. The lowest BCUT2D eigenvalue weighted by Gasteiger charge is -2.11. The van der Waals surface area contributed by atoms with E-state index in [2.05, 4.69) is 19.2 Å². The van der Waals surface area contributed by atoms with Gasteiger partial charge in [-0.25, -0.2) is 8.78 Å². The Bertz CT molecular complexity index is 388. The number of ether oxygens (including phenoxy) is 1. The van der Waals surface area contributed by atoms with E-state index in [1.54, 1.807) is 0 Å². The van der Waals surface area contributed by atoms with Gasteiger partial charge in [0.2, 0.25) is 0 Å². The predicted octanol–water partition coefficient (Wildman–Crippen LogP) is 2.86. The molecule has 0 fully saturated rings. The Morgan fingerprint density at radius 1 is 1.20 bits per heavy atom. The highest BCUT2D eigenvalue weighted by Gasteiger charge is 2.12. The molecule has 0 heterocycles. The first-order chi connectivity index (χ1) is 9.54. The highest BCUT2D eigenvalue weighted by Crippen LogP contribution is 2.23. The van der Waals surface area contributed by atoms with E-state index in [0.717, 1.165) is 6.54 Å². The fourth-order valence-corrected chi connectivity index (χ4v) is 1.75. The lowest BCUT2D eigenvalue weighted by molar-refractivity contribution is 0.242. The Kier molecular flexibility index (Phi) is 7.47. The summed E-state index contributed by atoms with van der Waals surface area (Å²) in [5.74, 6) is -1.22. The van der Waals surface area contributed by atoms with Crippen LogP contribution in [0.1, 0.15) is 32.3 Å². The molecule has 0 saturated carbocycles. The zero-order valence-corrected chi connectivity index (χ0v) is 12.1. The molecule has 0 aliphatic carbocycles. The summed E-state index contributed by atoms with van der Waals surface area (Å²) in [5.41, 5.74) is 0.559. The SMILES string of the molecule is CC(C)CNCc1cc(F)c(OCCCCO)c(F)c1. The molecule has 1 aromatic carbocycles. The highest BCUT2D eigenvalue weighted by atomic mass is 19.1. The molecule has 0 saturated heterocycles. The lowest BCUT2D eigenvalue weighted by atomic mass is 10.1. The zero-order valence-electron chi connectivity index (χ0n) is 12.1. The fraction of sp³-hybridized carbons (Fsp3) is 0.600. The molecule has 114 valence electrons. The molecule has 0 amide bonds. The van der Waals surface area contributed by atoms with Crippen molar-refractivity contribution in [3.8, 4) is 5.75 Å². The van der Waals surface area contributed by atoms with E-state index in [1.807, 2.05) is 0 Å². The molecule has 1 rings (SSSR count). The van der Waals surface area contributed by atoms with E-state index in [9.17, 15) is 8.78 Å². The van der Waals surface area contributed by atoms with E-state index in [4.69, 9.17) is 9.84 Å². The van der Waals surface area contributed by atoms with Crippen LogP contribution in [0.3, 0.4) is 0 Å². The maximum atomic E-state index is 13.8. The fourth-order valence-electron chi connectivity index (χ4n) is 1.75. The average Bonchev–Trinajstić information content (AvgIpc) is 2.36. The van der Waals surface area contributed by atoms with Gasteiger partial charge in [-0.3, -0.25) is 0 Å². The van der Waals surface area contributed by atoms with Crippen LogP contribution in [-0.4, -0.2) is 24.9 Å². The van der Waals surface area contributed by atoms with Gasteiger partial charge < -0.3 is 15.2 Å². The summed E-state index contributed by atoms with van der Waals surface area (Å²) >= 11 is 0. The molecule has 0 radical (unpaired) electrons. The second kappa shape index (κ2) is 8.87. The third-order valence-corrected chi connectivity index (χ3v) is 2.74. The van der Waals surface area contributed by atoms with Gasteiger partial charge in [-0.15, -0.1) is 0 Å². The largest absolute Gasteiger partial charge is 0.488 e. The smallest absolute Gasteiger partial charge is 0.190 e. The van der Waals surface area contributed by atoms with Crippen LogP contribution in [0, 0.1) is 17.6 Å². The Labute approximate surface area is 119 Å². The number of hydrogen-bond donors (Lipinski definition) is 2. The minimum Gasteiger partial charge on any atom is -0.488 e. The van der Waals surface area contributed by atoms with Crippen LogP contribution < -0.4 is 10.1 Å². The van der Waals surface area contributed by atoms with Crippen LogP contribution in [0.2, 0.25) is 0 Å². The molecule has 0 spiro atoms. The van der Waals surface area contributed by atoms with Crippen molar-refractivity contribution in [3.05, 3.63) is 29.3 Å². The van der Waals surface area contributed by atoms with E-state index in [-0.39, 0.29) is 19.0 Å². The molecule has 3 nitrogen and oxygen atoms in total. The normalized spacial score (nSPS) is 11.1. The van der Waals surface area contributed by atoms with Crippen molar-refractivity contribution in [3.63, 3.8) is 0 Å². The van der Waals surface area contributed by atoms with Crippen LogP contribution in [0.5, 0.6) is 5.75 Å². The first-order valence-electron chi connectivity index (χ1n) is 6.97. The van der Waals surface area contributed by atoms with Crippen molar-refractivity contribution in [2.45, 2.75) is 33.2 Å². The topological polar surface area (TPSA) is 41.5 Å². The number of aliphatic hydroxyl groups is 1. The summed E-state index contributed by atoms with van der Waals surface area (Å²) in [6, 6.07) is 2.58. The van der Waals surface area contributed by atoms with Crippen LogP contribution in [0.25, 0.3) is 0 Å². The number of unbranched alkanes of at least 4 members (excludes halogenated alkanes) is 1. The lowest BCUT2D eigenvalue weighted by Crippen LogP contribution is -2.19. The van der Waals surface area contributed by atoms with Crippen molar-refractivity contribution in [2.24, 2.45) is 5.92 Å². The number of benzene rings is 1. The Balaban J connectivity index is 2.56. The second-order valence-corrected chi connectivity index (χ2v) is 5.19. The average molecular weight is 287 g/mol. The zero-order chi connectivity index (χ0) is 15.0. The van der Waals surface area contributed by atoms with Gasteiger partial charge in [0.05, 0.1) is 6.61 Å². The van der Waals surface area contributed by atoms with E-state index >= 15 is 0 Å². The van der Waals surface area contributed by atoms with Gasteiger partial charge in [0.25, 0.3) is 0 Å². The third kappa shape index (κ3) is 5.84. The Hall–Kier alpha value is -1.20. The minimum atomic E-state index is -0.685. The molecule has 0 bridgehead atoms. The summed E-state index contributed by atoms with van der Waals surface area (Å²) in [6.45, 7) is 5.60. The molecule has 0 aliphatic rings. The Morgan fingerprint density at radius 3 is 2.40 bits per heavy atom. The third-order valence-electron chi connectivity index (χ3n) is 2.74. The van der Waals surface area contributed by atoms with Gasteiger partial charge >= 0.3 is 0 Å². The van der Waals surface area contributed by atoms with Crippen molar-refractivity contribution in [2.75, 3.05) is 19.8 Å². The standard InChI is InChI=1S/C15H23F2NO2/c1-11(2)9-18-10-12-7-13(16)15(14(17)8-12)20-6-4-3-5-19/h7-8,11,18-19H,3-6,9-10H2,1-2H3. The van der Waals surface area contributed by atoms with Gasteiger partial charge in [-0.05, 0) is 43.0 Å². The van der Waals surface area contributed by atoms with Crippen molar-refractivity contribution in [1.29, 1.82) is 0 Å². The second-order valence-electron chi connectivity index (χ2n) is 5.19. The van der Waals surface area contributed by atoms with Crippen molar-refractivity contribution < 1.29 is 18.6 Å². The van der Waals surface area contributed by atoms with E-state index in [1.165, 1.54) is 12.1 Å². The van der Waals surface area contributed by atoms with Crippen LogP contribution in [0.4, 0.5) is 8.78 Å². The van der Waals surface area contributed by atoms with Crippen LogP contribution >= 0.6 is 0 Å². The number of hydrogen-bond acceptors (Lipinski definition) is 3. The molecular formula is C15H23F2NO2. The highest BCUT2D eigenvalue weighted by molar-refractivity contribution is 5.31. The minimum absolute atomic E-state index is 0.0504. The van der Waals surface area contributed by atoms with Crippen LogP contribution in [-0.2, 0) is 6.54 Å². The maximum Gasteiger partial charge on any atom is 0.190 e. The summed E-state index contributed by atoms with van der Waals surface area (Å²) in [7, 11) is 0. The molecule has 1 aromatic rings. The van der Waals surface area contributed by atoms with Crippen LogP contribution in [0.15, 0.2) is 12.1 Å². The molecular weight excluding hydrogens is 264 g/mol. The quantitative estimate of drug-likeness (QED) is 0.686. The van der Waals surface area contributed by atoms with Crippen molar-refractivity contribution in [1.82, 2.24) is 5.32 Å². The van der Waals surface area contributed by atoms with Crippen molar-refractivity contribution >= 4 is 0 Å². The summed E-state index contributed by atoms with van der Waals surface area (Å²) in [6.07, 6.45) is 1.12. The van der Waals surface area contributed by atoms with Gasteiger partial charge in [-0.1, -0.05) is 13.8 Å². The number of nitrogens with one attached hydrogen (secondary N) is 1. The predicted molar refractivity (Wildman–Crippen MR) is 74.7 cm³/mol. The van der Waals surface area contributed by atoms with Gasteiger partial charge in [-0.2, -0.15) is 0 Å². The number of rotatable bonds is 9. The molecule has 0 atom stereocenters. The Morgan fingerprint density at radius 2 is 1.85 bits per heavy atom. The summed E-state index contributed by atoms with van der Waals surface area (Å²) in [4.78, 5) is 0. The molecule has 5 heteroatoms.